The summed E-state index contributed by atoms with van der Waals surface area (Å²) in [6.07, 6.45) is 0.381. The number of sulfonamides is 1. The fourth-order valence-electron chi connectivity index (χ4n) is 4.33. The fraction of sp³-hybridized carbons (Fsp3) is 0.310. The largest absolute Gasteiger partial charge is 0.357 e. The van der Waals surface area contributed by atoms with Crippen molar-refractivity contribution in [2.75, 3.05) is 17.9 Å². The molecule has 196 valence electrons. The monoisotopic (exact) mass is 521 g/mol. The van der Waals surface area contributed by atoms with Crippen molar-refractivity contribution in [3.05, 3.63) is 95.1 Å². The van der Waals surface area contributed by atoms with E-state index in [-0.39, 0.29) is 17.3 Å². The molecule has 7 nitrogen and oxygen atoms in total. The van der Waals surface area contributed by atoms with Crippen LogP contribution in [0.25, 0.3) is 0 Å². The minimum absolute atomic E-state index is 0.0901. The van der Waals surface area contributed by atoms with Crippen molar-refractivity contribution in [3.8, 4) is 0 Å². The molecule has 8 heteroatoms. The second-order valence-corrected chi connectivity index (χ2v) is 11.0. The molecule has 0 aliphatic carbocycles. The number of anilines is 1. The van der Waals surface area contributed by atoms with Gasteiger partial charge < -0.3 is 10.2 Å². The van der Waals surface area contributed by atoms with Crippen molar-refractivity contribution in [1.29, 1.82) is 0 Å². The Kier molecular flexibility index (Phi) is 9.10. The van der Waals surface area contributed by atoms with Crippen molar-refractivity contribution in [2.45, 2.75) is 51.6 Å². The molecule has 0 unspecified atom stereocenters. The van der Waals surface area contributed by atoms with Crippen molar-refractivity contribution in [3.63, 3.8) is 0 Å². The van der Waals surface area contributed by atoms with Crippen molar-refractivity contribution in [2.24, 2.45) is 0 Å². The molecule has 3 rings (SSSR count). The van der Waals surface area contributed by atoms with E-state index in [0.29, 0.717) is 12.1 Å². The van der Waals surface area contributed by atoms with Crippen LogP contribution in [0.2, 0.25) is 0 Å². The molecule has 3 aromatic carbocycles. The summed E-state index contributed by atoms with van der Waals surface area (Å²) in [5.41, 5.74) is 3.99. The zero-order valence-corrected chi connectivity index (χ0v) is 22.9. The molecule has 2 amide bonds. The first kappa shape index (κ1) is 27.9. The summed E-state index contributed by atoms with van der Waals surface area (Å²) in [7, 11) is -2.54. The molecule has 0 heterocycles. The summed E-state index contributed by atoms with van der Waals surface area (Å²) in [5, 5.41) is 2.64. The lowest BCUT2D eigenvalue weighted by Gasteiger charge is -2.33. The number of hydrogen-bond acceptors (Lipinski definition) is 4. The molecule has 0 spiro atoms. The van der Waals surface area contributed by atoms with Gasteiger partial charge in [0.25, 0.3) is 10.0 Å². The lowest BCUT2D eigenvalue weighted by Crippen LogP contribution is -2.51. The Morgan fingerprint density at radius 3 is 2.22 bits per heavy atom. The maximum absolute atomic E-state index is 14.0. The molecule has 0 aliphatic heterocycles. The molecule has 0 saturated carbocycles. The van der Waals surface area contributed by atoms with Crippen LogP contribution in [0, 0.1) is 20.8 Å². The van der Waals surface area contributed by atoms with Gasteiger partial charge >= 0.3 is 0 Å². The van der Waals surface area contributed by atoms with Crippen LogP contribution < -0.4 is 9.62 Å². The Labute approximate surface area is 220 Å². The highest BCUT2D eigenvalue weighted by molar-refractivity contribution is 7.92. The van der Waals surface area contributed by atoms with E-state index < -0.39 is 28.5 Å². The van der Waals surface area contributed by atoms with E-state index in [1.165, 1.54) is 24.1 Å². The Bertz CT molecular complexity index is 1360. The van der Waals surface area contributed by atoms with Gasteiger partial charge in [0.1, 0.15) is 12.6 Å². The maximum atomic E-state index is 14.0. The van der Waals surface area contributed by atoms with Crippen molar-refractivity contribution >= 4 is 27.5 Å². The zero-order chi connectivity index (χ0) is 27.2. The molecule has 1 atom stereocenters. The van der Waals surface area contributed by atoms with Gasteiger partial charge in [-0.05, 0) is 62.1 Å². The third-order valence-corrected chi connectivity index (χ3v) is 8.30. The molecule has 0 saturated heterocycles. The third kappa shape index (κ3) is 6.38. The Morgan fingerprint density at radius 2 is 1.59 bits per heavy atom. The number of benzene rings is 3. The lowest BCUT2D eigenvalue weighted by atomic mass is 10.1. The predicted molar refractivity (Wildman–Crippen MR) is 147 cm³/mol. The standard InChI is InChI=1S/C29H35N3O4S/c1-6-26(29(34)30-5)31(19-24-14-10-12-21(2)18-24)28(33)20-32(27-17-11-13-22(3)23(27)4)37(35,36)25-15-8-7-9-16-25/h7-18,26H,6,19-20H2,1-5H3,(H,30,34)/t26-/m1/s1. The van der Waals surface area contributed by atoms with Gasteiger partial charge in [0.15, 0.2) is 0 Å². The van der Waals surface area contributed by atoms with E-state index in [0.717, 1.165) is 26.6 Å². The van der Waals surface area contributed by atoms with Gasteiger partial charge in [0, 0.05) is 13.6 Å². The molecule has 0 radical (unpaired) electrons. The predicted octanol–water partition coefficient (Wildman–Crippen LogP) is 4.36. The number of nitrogens with zero attached hydrogens (tertiary/aromatic N) is 2. The molecule has 37 heavy (non-hydrogen) atoms. The second-order valence-electron chi connectivity index (χ2n) is 9.09. The van der Waals surface area contributed by atoms with Crippen molar-refractivity contribution in [1.82, 2.24) is 10.2 Å². The first-order valence-corrected chi connectivity index (χ1v) is 13.7. The van der Waals surface area contributed by atoms with Crippen LogP contribution >= 0.6 is 0 Å². The van der Waals surface area contributed by atoms with Crippen molar-refractivity contribution < 1.29 is 18.0 Å². The molecule has 0 aliphatic rings. The van der Waals surface area contributed by atoms with Crippen LogP contribution in [0.1, 0.15) is 35.6 Å². The van der Waals surface area contributed by atoms with E-state index in [1.807, 2.05) is 58.0 Å². The topological polar surface area (TPSA) is 86.8 Å². The average Bonchev–Trinajstić information content (AvgIpc) is 2.89. The lowest BCUT2D eigenvalue weighted by molar-refractivity contribution is -0.140. The van der Waals surface area contributed by atoms with E-state index >= 15 is 0 Å². The van der Waals surface area contributed by atoms with Crippen LogP contribution in [-0.4, -0.2) is 44.8 Å². The van der Waals surface area contributed by atoms with Crippen LogP contribution in [-0.2, 0) is 26.2 Å². The van der Waals surface area contributed by atoms with Crippen LogP contribution in [0.4, 0.5) is 5.69 Å². The maximum Gasteiger partial charge on any atom is 0.264 e. The zero-order valence-electron chi connectivity index (χ0n) is 22.1. The molecular formula is C29H35N3O4S. The summed E-state index contributed by atoms with van der Waals surface area (Å²) in [4.78, 5) is 28.3. The average molecular weight is 522 g/mol. The summed E-state index contributed by atoms with van der Waals surface area (Å²) in [6, 6.07) is 20.4. The molecule has 1 N–H and O–H groups in total. The SMILES string of the molecule is CC[C@H](C(=O)NC)N(Cc1cccc(C)c1)C(=O)CN(c1cccc(C)c1C)S(=O)(=O)c1ccccc1. The Balaban J connectivity index is 2.10. The van der Waals surface area contributed by atoms with E-state index in [1.54, 1.807) is 30.3 Å². The minimum atomic E-state index is -4.07. The van der Waals surface area contributed by atoms with Gasteiger partial charge in [0.05, 0.1) is 10.6 Å². The van der Waals surface area contributed by atoms with Gasteiger partial charge in [-0.3, -0.25) is 13.9 Å². The van der Waals surface area contributed by atoms with Gasteiger partial charge in [0.2, 0.25) is 11.8 Å². The second kappa shape index (κ2) is 12.1. The van der Waals surface area contributed by atoms with Crippen LogP contribution in [0.15, 0.2) is 77.7 Å². The smallest absolute Gasteiger partial charge is 0.264 e. The summed E-state index contributed by atoms with van der Waals surface area (Å²) < 4.78 is 28.9. The highest BCUT2D eigenvalue weighted by atomic mass is 32.2. The third-order valence-electron chi connectivity index (χ3n) is 6.52. The van der Waals surface area contributed by atoms with E-state index in [2.05, 4.69) is 5.32 Å². The van der Waals surface area contributed by atoms with E-state index in [9.17, 15) is 18.0 Å². The number of rotatable bonds is 10. The summed E-state index contributed by atoms with van der Waals surface area (Å²) in [5.74, 6) is -0.759. The molecule has 0 fully saturated rings. The molecule has 0 bridgehead atoms. The molecule has 0 aromatic heterocycles. The normalized spacial score (nSPS) is 12.0. The van der Waals surface area contributed by atoms with Gasteiger partial charge in [-0.25, -0.2) is 8.42 Å². The molecular weight excluding hydrogens is 486 g/mol. The first-order valence-electron chi connectivity index (χ1n) is 12.3. The number of amides is 2. The van der Waals surface area contributed by atoms with Gasteiger partial charge in [-0.1, -0.05) is 67.1 Å². The van der Waals surface area contributed by atoms with E-state index in [4.69, 9.17) is 0 Å². The number of likely N-dealkylation sites (N-methyl/N-ethyl adjacent to an activating group) is 1. The van der Waals surface area contributed by atoms with Gasteiger partial charge in [-0.2, -0.15) is 0 Å². The first-order chi connectivity index (χ1) is 17.6. The number of carbonyl (C=O) groups excluding carboxylic acids is 2. The summed E-state index contributed by atoms with van der Waals surface area (Å²) in [6.45, 7) is 7.27. The van der Waals surface area contributed by atoms with Crippen LogP contribution in [0.3, 0.4) is 0 Å². The number of aryl methyl sites for hydroxylation is 2. The van der Waals surface area contributed by atoms with Gasteiger partial charge in [-0.15, -0.1) is 0 Å². The van der Waals surface area contributed by atoms with Crippen LogP contribution in [0.5, 0.6) is 0 Å². The number of carbonyl (C=O) groups is 2. The Morgan fingerprint density at radius 1 is 0.919 bits per heavy atom. The number of hydrogen-bond donors (Lipinski definition) is 1. The quantitative estimate of drug-likeness (QED) is 0.430. The fourth-order valence-corrected chi connectivity index (χ4v) is 5.82. The summed E-state index contributed by atoms with van der Waals surface area (Å²) >= 11 is 0. The Hall–Kier alpha value is -3.65. The minimum Gasteiger partial charge on any atom is -0.357 e. The number of nitrogens with one attached hydrogen (secondary N) is 1. The molecule has 3 aromatic rings. The highest BCUT2D eigenvalue weighted by Gasteiger charge is 2.34. The highest BCUT2D eigenvalue weighted by Crippen LogP contribution is 2.29.